The average Bonchev–Trinajstić information content (AvgIpc) is 3.74. The molecule has 3 heterocycles. The standard InChI is InChI=1S/C47H28N4O/c1-2-14-36(15-3-1)51-41-17-9-8-16-37(41)38-26-34(20-22-42(38)51)46-48-45(33-19-18-29-10-4-5-11-30(29)24-33)49-47(50-46)35-21-23-43-39(27-35)40-25-31-12-6-7-13-32(31)28-44(40)52-43/h1-28H. The molecule has 0 unspecified atom stereocenters. The third kappa shape index (κ3) is 4.53. The minimum atomic E-state index is 0.608. The van der Waals surface area contributed by atoms with Crippen LogP contribution in [-0.4, -0.2) is 19.5 Å². The summed E-state index contributed by atoms with van der Waals surface area (Å²) >= 11 is 0. The Kier molecular flexibility index (Phi) is 6.18. The number of nitrogens with zero attached hydrogens (tertiary/aromatic N) is 4. The Morgan fingerprint density at radius 1 is 0.346 bits per heavy atom. The number of hydrogen-bond acceptors (Lipinski definition) is 4. The molecule has 242 valence electrons. The van der Waals surface area contributed by atoms with E-state index in [1.807, 2.05) is 12.1 Å². The summed E-state index contributed by atoms with van der Waals surface area (Å²) in [5.74, 6) is 1.85. The van der Waals surface area contributed by atoms with Crippen molar-refractivity contribution in [3.8, 4) is 39.9 Å². The largest absolute Gasteiger partial charge is 0.456 e. The molecule has 5 heteroatoms. The molecule has 52 heavy (non-hydrogen) atoms. The Labute approximate surface area is 298 Å². The third-order valence-electron chi connectivity index (χ3n) is 10.2. The Balaban J connectivity index is 1.13. The van der Waals surface area contributed by atoms with Crippen molar-refractivity contribution < 1.29 is 4.42 Å². The Morgan fingerprint density at radius 2 is 0.885 bits per heavy atom. The van der Waals surface area contributed by atoms with Gasteiger partial charge in [-0.25, -0.2) is 15.0 Å². The van der Waals surface area contributed by atoms with Crippen LogP contribution in [0.4, 0.5) is 0 Å². The molecule has 0 saturated carbocycles. The predicted octanol–water partition coefficient (Wildman–Crippen LogP) is 12.2. The lowest BCUT2D eigenvalue weighted by atomic mass is 10.0. The van der Waals surface area contributed by atoms with E-state index in [1.54, 1.807) is 0 Å². The average molecular weight is 665 g/mol. The van der Waals surface area contributed by atoms with Gasteiger partial charge >= 0.3 is 0 Å². The van der Waals surface area contributed by atoms with Gasteiger partial charge in [0, 0.05) is 43.9 Å². The second kappa shape index (κ2) is 11.2. The molecule has 0 spiro atoms. The van der Waals surface area contributed by atoms with E-state index in [4.69, 9.17) is 19.4 Å². The van der Waals surface area contributed by atoms with Crippen LogP contribution < -0.4 is 0 Å². The zero-order valence-electron chi connectivity index (χ0n) is 27.9. The highest BCUT2D eigenvalue weighted by Gasteiger charge is 2.18. The Morgan fingerprint density at radius 3 is 1.65 bits per heavy atom. The molecule has 11 rings (SSSR count). The normalized spacial score (nSPS) is 11.8. The summed E-state index contributed by atoms with van der Waals surface area (Å²) < 4.78 is 8.65. The van der Waals surface area contributed by atoms with E-state index in [-0.39, 0.29) is 0 Å². The first kappa shape index (κ1) is 28.7. The lowest BCUT2D eigenvalue weighted by molar-refractivity contribution is 0.669. The molecule has 0 atom stereocenters. The monoisotopic (exact) mass is 664 g/mol. The molecule has 0 aliphatic carbocycles. The van der Waals surface area contributed by atoms with Crippen molar-refractivity contribution >= 4 is 65.3 Å². The van der Waals surface area contributed by atoms with Gasteiger partial charge in [-0.1, -0.05) is 97.1 Å². The fraction of sp³-hybridized carbons (Fsp3) is 0. The smallest absolute Gasteiger partial charge is 0.164 e. The molecule has 0 aliphatic heterocycles. The van der Waals surface area contributed by atoms with E-state index in [9.17, 15) is 0 Å². The maximum atomic E-state index is 6.33. The van der Waals surface area contributed by atoms with Crippen LogP contribution in [0.2, 0.25) is 0 Å². The number of aromatic nitrogens is 4. The van der Waals surface area contributed by atoms with Gasteiger partial charge in [0.05, 0.1) is 11.0 Å². The van der Waals surface area contributed by atoms with Crippen molar-refractivity contribution in [3.63, 3.8) is 0 Å². The maximum absolute atomic E-state index is 6.33. The van der Waals surface area contributed by atoms with E-state index in [0.29, 0.717) is 17.5 Å². The highest BCUT2D eigenvalue weighted by molar-refractivity contribution is 6.12. The van der Waals surface area contributed by atoms with Gasteiger partial charge in [-0.3, -0.25) is 0 Å². The molecule has 0 fully saturated rings. The Hall–Kier alpha value is -7.11. The SMILES string of the molecule is c1ccc(-n2c3ccccc3c3cc(-c4nc(-c5ccc6ccccc6c5)nc(-c5ccc6oc7cc8ccccc8cc7c6c5)n4)ccc32)cc1. The molecule has 0 radical (unpaired) electrons. The van der Waals surface area contributed by atoms with E-state index >= 15 is 0 Å². The number of hydrogen-bond donors (Lipinski definition) is 0. The van der Waals surface area contributed by atoms with Gasteiger partial charge in [0.2, 0.25) is 0 Å². The second-order valence-electron chi connectivity index (χ2n) is 13.3. The molecule has 0 amide bonds. The van der Waals surface area contributed by atoms with E-state index in [1.165, 1.54) is 16.2 Å². The zero-order valence-corrected chi connectivity index (χ0v) is 27.9. The van der Waals surface area contributed by atoms with Crippen molar-refractivity contribution in [2.45, 2.75) is 0 Å². The highest BCUT2D eigenvalue weighted by Crippen LogP contribution is 2.37. The van der Waals surface area contributed by atoms with E-state index < -0.39 is 0 Å². The third-order valence-corrected chi connectivity index (χ3v) is 10.2. The fourth-order valence-electron chi connectivity index (χ4n) is 7.66. The molecule has 0 N–H and O–H groups in total. The van der Waals surface area contributed by atoms with Crippen molar-refractivity contribution in [2.24, 2.45) is 0 Å². The lowest BCUT2D eigenvalue weighted by Crippen LogP contribution is -2.00. The molecular formula is C47H28N4O. The predicted molar refractivity (Wildman–Crippen MR) is 213 cm³/mol. The van der Waals surface area contributed by atoms with Crippen LogP contribution in [-0.2, 0) is 0 Å². The van der Waals surface area contributed by atoms with Crippen LogP contribution in [0.25, 0.3) is 105 Å². The summed E-state index contributed by atoms with van der Waals surface area (Å²) in [6.45, 7) is 0. The summed E-state index contributed by atoms with van der Waals surface area (Å²) in [6, 6.07) is 59.3. The molecule has 11 aromatic rings. The molecule has 3 aromatic heterocycles. The molecular weight excluding hydrogens is 637 g/mol. The van der Waals surface area contributed by atoms with Gasteiger partial charge in [0.15, 0.2) is 17.5 Å². The van der Waals surface area contributed by atoms with Crippen LogP contribution in [0.3, 0.4) is 0 Å². The van der Waals surface area contributed by atoms with Crippen molar-refractivity contribution in [2.75, 3.05) is 0 Å². The van der Waals surface area contributed by atoms with E-state index in [2.05, 4.69) is 162 Å². The number of benzene rings is 8. The molecule has 0 aliphatic rings. The van der Waals surface area contributed by atoms with Crippen LogP contribution in [0.5, 0.6) is 0 Å². The number of para-hydroxylation sites is 2. The minimum Gasteiger partial charge on any atom is -0.456 e. The first-order valence-electron chi connectivity index (χ1n) is 17.4. The van der Waals surface area contributed by atoms with Crippen LogP contribution in [0.1, 0.15) is 0 Å². The second-order valence-corrected chi connectivity index (χ2v) is 13.3. The molecule has 8 aromatic carbocycles. The van der Waals surface area contributed by atoms with Gasteiger partial charge < -0.3 is 8.98 Å². The highest BCUT2D eigenvalue weighted by atomic mass is 16.3. The summed E-state index contributed by atoms with van der Waals surface area (Å²) in [5.41, 5.74) is 7.86. The zero-order chi connectivity index (χ0) is 34.2. The van der Waals surface area contributed by atoms with Crippen LogP contribution in [0.15, 0.2) is 174 Å². The summed E-state index contributed by atoms with van der Waals surface area (Å²) in [6.07, 6.45) is 0. The quantitative estimate of drug-likeness (QED) is 0.188. The van der Waals surface area contributed by atoms with Gasteiger partial charge in [-0.05, 0) is 94.3 Å². The first-order chi connectivity index (χ1) is 25.7. The van der Waals surface area contributed by atoms with Crippen LogP contribution >= 0.6 is 0 Å². The number of fused-ring (bicyclic) bond motifs is 8. The topological polar surface area (TPSA) is 56.7 Å². The fourth-order valence-corrected chi connectivity index (χ4v) is 7.66. The number of furan rings is 1. The van der Waals surface area contributed by atoms with Crippen molar-refractivity contribution in [1.29, 1.82) is 0 Å². The minimum absolute atomic E-state index is 0.608. The lowest BCUT2D eigenvalue weighted by Gasteiger charge is -2.10. The maximum Gasteiger partial charge on any atom is 0.164 e. The van der Waals surface area contributed by atoms with Crippen LogP contribution in [0, 0.1) is 0 Å². The van der Waals surface area contributed by atoms with Gasteiger partial charge in [-0.2, -0.15) is 0 Å². The summed E-state index contributed by atoms with van der Waals surface area (Å²) in [4.78, 5) is 15.4. The Bertz CT molecular complexity index is 3190. The van der Waals surface area contributed by atoms with Crippen molar-refractivity contribution in [3.05, 3.63) is 170 Å². The summed E-state index contributed by atoms with van der Waals surface area (Å²) in [7, 11) is 0. The molecule has 0 saturated heterocycles. The molecule has 0 bridgehead atoms. The van der Waals surface area contributed by atoms with Gasteiger partial charge in [0.25, 0.3) is 0 Å². The molecule has 5 nitrogen and oxygen atoms in total. The van der Waals surface area contributed by atoms with E-state index in [0.717, 1.165) is 71.5 Å². The number of rotatable bonds is 4. The van der Waals surface area contributed by atoms with Gasteiger partial charge in [0.1, 0.15) is 11.2 Å². The summed E-state index contributed by atoms with van der Waals surface area (Å²) in [5, 5.41) is 9.06. The van der Waals surface area contributed by atoms with Crippen molar-refractivity contribution in [1.82, 2.24) is 19.5 Å². The first-order valence-corrected chi connectivity index (χ1v) is 17.4. The van der Waals surface area contributed by atoms with Gasteiger partial charge in [-0.15, -0.1) is 0 Å².